The summed E-state index contributed by atoms with van der Waals surface area (Å²) in [6.07, 6.45) is 1.48. The number of hydrogen-bond acceptors (Lipinski definition) is 5. The number of rotatable bonds is 7. The van der Waals surface area contributed by atoms with E-state index in [0.29, 0.717) is 29.1 Å². The molecule has 2 aromatic rings. The second-order valence-electron chi connectivity index (χ2n) is 8.13. The van der Waals surface area contributed by atoms with Gasteiger partial charge in [-0.05, 0) is 57.4 Å². The van der Waals surface area contributed by atoms with Crippen molar-refractivity contribution in [2.24, 2.45) is 7.05 Å². The normalized spacial score (nSPS) is 16.6. The zero-order valence-electron chi connectivity index (χ0n) is 19.1. The Morgan fingerprint density at radius 2 is 2.03 bits per heavy atom. The highest BCUT2D eigenvalue weighted by atomic mass is 19.1. The van der Waals surface area contributed by atoms with Gasteiger partial charge in [0, 0.05) is 37.0 Å². The lowest BCUT2D eigenvalue weighted by Crippen LogP contribution is -2.47. The van der Waals surface area contributed by atoms with E-state index in [1.807, 2.05) is 0 Å². The van der Waals surface area contributed by atoms with Crippen molar-refractivity contribution in [3.63, 3.8) is 0 Å². The number of amides is 1. The summed E-state index contributed by atoms with van der Waals surface area (Å²) >= 11 is 0. The number of nitrogens with zero attached hydrogens (tertiary/aromatic N) is 2. The molecule has 8 heteroatoms. The Kier molecular flexibility index (Phi) is 7.13. The molecule has 0 N–H and O–H groups in total. The highest BCUT2D eigenvalue weighted by Crippen LogP contribution is 2.26. The summed E-state index contributed by atoms with van der Waals surface area (Å²) in [5, 5.41) is 0. The number of Topliss-reactive ketones (excluding diaryl/α,β-unsaturated/α-hetero) is 1. The maximum absolute atomic E-state index is 13.8. The van der Waals surface area contributed by atoms with E-state index in [-0.39, 0.29) is 24.0 Å². The molecule has 0 bridgehead atoms. The molecular weight excluding hydrogens is 415 g/mol. The summed E-state index contributed by atoms with van der Waals surface area (Å²) in [5.41, 5.74) is 1.95. The molecule has 1 aliphatic heterocycles. The maximum atomic E-state index is 13.8. The van der Waals surface area contributed by atoms with Crippen LogP contribution < -0.4 is 0 Å². The third-order valence-corrected chi connectivity index (χ3v) is 6.16. The van der Waals surface area contributed by atoms with E-state index in [2.05, 4.69) is 0 Å². The first-order valence-corrected chi connectivity index (χ1v) is 10.6. The molecule has 1 aromatic carbocycles. The first-order chi connectivity index (χ1) is 15.2. The van der Waals surface area contributed by atoms with E-state index in [4.69, 9.17) is 9.47 Å². The van der Waals surface area contributed by atoms with Crippen LogP contribution >= 0.6 is 0 Å². The smallest absolute Gasteiger partial charge is 0.354 e. The molecule has 1 amide bonds. The van der Waals surface area contributed by atoms with Gasteiger partial charge >= 0.3 is 5.97 Å². The first kappa shape index (κ1) is 23.7. The molecule has 1 fully saturated rings. The van der Waals surface area contributed by atoms with Gasteiger partial charge in [-0.3, -0.25) is 9.59 Å². The number of ketones is 1. The highest BCUT2D eigenvalue weighted by Gasteiger charge is 2.34. The zero-order valence-corrected chi connectivity index (χ0v) is 19.1. The van der Waals surface area contributed by atoms with E-state index in [1.54, 1.807) is 32.4 Å². The van der Waals surface area contributed by atoms with E-state index >= 15 is 0 Å². The quantitative estimate of drug-likeness (QED) is 0.483. The predicted molar refractivity (Wildman–Crippen MR) is 116 cm³/mol. The lowest BCUT2D eigenvalue weighted by Gasteiger charge is -2.31. The average molecular weight is 445 g/mol. The van der Waals surface area contributed by atoms with Crippen LogP contribution in [0.25, 0.3) is 0 Å². The fourth-order valence-electron chi connectivity index (χ4n) is 4.29. The van der Waals surface area contributed by atoms with Crippen LogP contribution in [0.15, 0.2) is 24.3 Å². The predicted octanol–water partition coefficient (Wildman–Crippen LogP) is 3.46. The van der Waals surface area contributed by atoms with Crippen LogP contribution in [-0.4, -0.2) is 59.5 Å². The summed E-state index contributed by atoms with van der Waals surface area (Å²) in [6.45, 7) is 5.92. The lowest BCUT2D eigenvalue weighted by atomic mass is 9.98. The van der Waals surface area contributed by atoms with Crippen molar-refractivity contribution in [3.05, 3.63) is 58.2 Å². The fourth-order valence-corrected chi connectivity index (χ4v) is 4.29. The summed E-state index contributed by atoms with van der Waals surface area (Å²) < 4.78 is 26.0. The molecule has 0 saturated carbocycles. The van der Waals surface area contributed by atoms with Crippen LogP contribution in [-0.2, 0) is 16.5 Å². The lowest BCUT2D eigenvalue weighted by molar-refractivity contribution is 0.0410. The van der Waals surface area contributed by atoms with Crippen LogP contribution in [0.2, 0.25) is 0 Å². The third kappa shape index (κ3) is 4.46. The standard InChI is InChI=1S/C24H29FN2O5/c1-14-20(15(2)26(4)21(14)24(30)31-5)22(28)16(3)27(13-19-10-7-11-32-19)23(29)17-8-6-9-18(25)12-17/h6,8-9,12,16,19H,7,10-11,13H2,1-5H3. The number of hydrogen-bond donors (Lipinski definition) is 0. The molecule has 3 rings (SSSR count). The van der Waals surface area contributed by atoms with E-state index in [0.717, 1.165) is 18.9 Å². The molecule has 0 radical (unpaired) electrons. The topological polar surface area (TPSA) is 77.8 Å². The minimum atomic E-state index is -0.847. The molecule has 1 saturated heterocycles. The van der Waals surface area contributed by atoms with Crippen LogP contribution in [0.1, 0.15) is 62.2 Å². The second kappa shape index (κ2) is 9.65. The maximum Gasteiger partial charge on any atom is 0.354 e. The zero-order chi connectivity index (χ0) is 23.6. The van der Waals surface area contributed by atoms with Gasteiger partial charge in [0.2, 0.25) is 0 Å². The molecular formula is C24H29FN2O5. The van der Waals surface area contributed by atoms with Crippen molar-refractivity contribution in [1.29, 1.82) is 0 Å². The number of carbonyl (C=O) groups excluding carboxylic acids is 3. The van der Waals surface area contributed by atoms with Crippen LogP contribution in [0.4, 0.5) is 4.39 Å². The van der Waals surface area contributed by atoms with Crippen LogP contribution in [0, 0.1) is 19.7 Å². The fraction of sp³-hybridized carbons (Fsp3) is 0.458. The van der Waals surface area contributed by atoms with Gasteiger partial charge in [-0.25, -0.2) is 9.18 Å². The largest absolute Gasteiger partial charge is 0.464 e. The van der Waals surface area contributed by atoms with Gasteiger partial charge in [-0.2, -0.15) is 0 Å². The summed E-state index contributed by atoms with van der Waals surface area (Å²) in [6, 6.07) is 4.57. The number of aromatic nitrogens is 1. The van der Waals surface area contributed by atoms with Crippen molar-refractivity contribution in [1.82, 2.24) is 9.47 Å². The molecule has 7 nitrogen and oxygen atoms in total. The minimum Gasteiger partial charge on any atom is -0.464 e. The Bertz CT molecular complexity index is 1040. The van der Waals surface area contributed by atoms with Gasteiger partial charge in [0.1, 0.15) is 11.5 Å². The first-order valence-electron chi connectivity index (χ1n) is 10.6. The van der Waals surface area contributed by atoms with Gasteiger partial charge in [-0.15, -0.1) is 0 Å². The number of halogens is 1. The van der Waals surface area contributed by atoms with Crippen molar-refractivity contribution in [2.45, 2.75) is 45.8 Å². The molecule has 32 heavy (non-hydrogen) atoms. The van der Waals surface area contributed by atoms with Crippen molar-refractivity contribution in [2.75, 3.05) is 20.3 Å². The third-order valence-electron chi connectivity index (χ3n) is 6.16. The molecule has 0 aliphatic carbocycles. The van der Waals surface area contributed by atoms with Crippen molar-refractivity contribution in [3.8, 4) is 0 Å². The molecule has 172 valence electrons. The Morgan fingerprint density at radius 1 is 1.31 bits per heavy atom. The second-order valence-corrected chi connectivity index (χ2v) is 8.13. The number of esters is 1. The molecule has 0 spiro atoms. The van der Waals surface area contributed by atoms with Gasteiger partial charge in [0.25, 0.3) is 5.91 Å². The average Bonchev–Trinajstić information content (AvgIpc) is 3.36. The Hall–Kier alpha value is -3.00. The Balaban J connectivity index is 1.99. The summed E-state index contributed by atoms with van der Waals surface area (Å²) in [7, 11) is 2.98. The molecule has 1 aromatic heterocycles. The van der Waals surface area contributed by atoms with Crippen molar-refractivity contribution < 1.29 is 28.2 Å². The highest BCUT2D eigenvalue weighted by molar-refractivity contribution is 6.07. The van der Waals surface area contributed by atoms with Crippen LogP contribution in [0.5, 0.6) is 0 Å². The van der Waals surface area contributed by atoms with Gasteiger partial charge in [0.15, 0.2) is 5.78 Å². The van der Waals surface area contributed by atoms with Crippen LogP contribution in [0.3, 0.4) is 0 Å². The van der Waals surface area contributed by atoms with Gasteiger partial charge in [-0.1, -0.05) is 6.07 Å². The number of carbonyl (C=O) groups is 3. The minimum absolute atomic E-state index is 0.166. The Labute approximate surface area is 187 Å². The molecule has 2 heterocycles. The van der Waals surface area contributed by atoms with E-state index in [1.165, 1.54) is 30.2 Å². The number of benzene rings is 1. The summed E-state index contributed by atoms with van der Waals surface area (Å²) in [4.78, 5) is 40.6. The number of ether oxygens (including phenoxy) is 2. The van der Waals surface area contributed by atoms with Crippen molar-refractivity contribution >= 4 is 17.7 Å². The monoisotopic (exact) mass is 444 g/mol. The molecule has 2 unspecified atom stereocenters. The Morgan fingerprint density at radius 3 is 2.62 bits per heavy atom. The molecule has 2 atom stereocenters. The van der Waals surface area contributed by atoms with E-state index in [9.17, 15) is 18.8 Å². The van der Waals surface area contributed by atoms with Gasteiger partial charge in [0.05, 0.1) is 19.3 Å². The number of methoxy groups -OCH3 is 1. The SMILES string of the molecule is COC(=O)c1c(C)c(C(=O)C(C)N(CC2CCCO2)C(=O)c2cccc(F)c2)c(C)n1C. The molecule has 1 aliphatic rings. The van der Waals surface area contributed by atoms with E-state index < -0.39 is 23.7 Å². The summed E-state index contributed by atoms with van der Waals surface area (Å²) in [5.74, 6) is -1.80. The van der Waals surface area contributed by atoms with Gasteiger partial charge < -0.3 is 18.9 Å².